The molecule has 1 aromatic carbocycles. The minimum absolute atomic E-state index is 0.218. The second-order valence-corrected chi connectivity index (χ2v) is 5.39. The summed E-state index contributed by atoms with van der Waals surface area (Å²) >= 11 is 9.39. The Morgan fingerprint density at radius 3 is 2.71 bits per heavy atom. The van der Waals surface area contributed by atoms with Gasteiger partial charge in [-0.3, -0.25) is 0 Å². The molecule has 1 nitrogen and oxygen atoms in total. The average molecular weight is 323 g/mol. The third-order valence-corrected chi connectivity index (χ3v) is 3.58. The highest BCUT2D eigenvalue weighted by molar-refractivity contribution is 9.09. The monoisotopic (exact) mass is 321 g/mol. The third kappa shape index (κ3) is 5.36. The maximum atomic E-state index is 13.5. The number of hydrogen-bond donors (Lipinski definition) is 0. The molecule has 0 fully saturated rings. The van der Waals surface area contributed by atoms with E-state index in [2.05, 4.69) is 20.8 Å². The van der Waals surface area contributed by atoms with Gasteiger partial charge in [0.15, 0.2) is 0 Å². The molecule has 96 valence electrons. The quantitative estimate of drug-likeness (QED) is 0.528. The van der Waals surface area contributed by atoms with E-state index in [1.165, 1.54) is 18.9 Å². The van der Waals surface area contributed by atoms with Crippen LogP contribution in [0.25, 0.3) is 0 Å². The summed E-state index contributed by atoms with van der Waals surface area (Å²) in [4.78, 5) is 2.11. The van der Waals surface area contributed by atoms with Crippen LogP contribution in [0.5, 0.6) is 0 Å². The number of benzene rings is 1. The van der Waals surface area contributed by atoms with E-state index >= 15 is 0 Å². The van der Waals surface area contributed by atoms with Gasteiger partial charge in [-0.1, -0.05) is 40.0 Å². The maximum absolute atomic E-state index is 13.5. The summed E-state index contributed by atoms with van der Waals surface area (Å²) in [6, 6.07) is 4.83. The zero-order valence-corrected chi connectivity index (χ0v) is 12.4. The standard InChI is InChI=1S/C13H18BrClFN/c1-17(9-4-2-3-8-14)10-11-12(15)6-5-7-13(11)16/h5-7H,2-4,8-10H2,1H3. The van der Waals surface area contributed by atoms with E-state index in [0.717, 1.165) is 18.3 Å². The van der Waals surface area contributed by atoms with Gasteiger partial charge in [0.1, 0.15) is 5.82 Å². The lowest BCUT2D eigenvalue weighted by Crippen LogP contribution is -2.20. The minimum Gasteiger partial charge on any atom is -0.302 e. The highest BCUT2D eigenvalue weighted by atomic mass is 79.9. The molecular weight excluding hydrogens is 305 g/mol. The summed E-state index contributed by atoms with van der Waals surface area (Å²) in [6.45, 7) is 1.54. The molecule has 0 heterocycles. The fraction of sp³-hybridized carbons (Fsp3) is 0.538. The van der Waals surface area contributed by atoms with Crippen molar-refractivity contribution in [3.05, 3.63) is 34.6 Å². The maximum Gasteiger partial charge on any atom is 0.129 e. The van der Waals surface area contributed by atoms with E-state index in [4.69, 9.17) is 11.6 Å². The van der Waals surface area contributed by atoms with Gasteiger partial charge in [0.25, 0.3) is 0 Å². The van der Waals surface area contributed by atoms with Crippen LogP contribution in [0.3, 0.4) is 0 Å². The normalized spacial score (nSPS) is 11.1. The van der Waals surface area contributed by atoms with Gasteiger partial charge in [-0.05, 0) is 38.6 Å². The average Bonchev–Trinajstić information content (AvgIpc) is 2.30. The van der Waals surface area contributed by atoms with Gasteiger partial charge in [-0.15, -0.1) is 0 Å². The lowest BCUT2D eigenvalue weighted by molar-refractivity contribution is 0.313. The predicted molar refractivity (Wildman–Crippen MR) is 75.4 cm³/mol. The number of rotatable bonds is 7. The smallest absolute Gasteiger partial charge is 0.129 e. The molecule has 0 aliphatic carbocycles. The first-order chi connectivity index (χ1) is 8.15. The molecule has 0 aromatic heterocycles. The largest absolute Gasteiger partial charge is 0.302 e. The lowest BCUT2D eigenvalue weighted by Gasteiger charge is -2.17. The molecular formula is C13H18BrClFN. The van der Waals surface area contributed by atoms with Crippen LogP contribution in [0.15, 0.2) is 18.2 Å². The van der Waals surface area contributed by atoms with Gasteiger partial charge >= 0.3 is 0 Å². The summed E-state index contributed by atoms with van der Waals surface area (Å²) in [5.41, 5.74) is 0.595. The second kappa shape index (κ2) is 8.06. The number of nitrogens with zero attached hydrogens (tertiary/aromatic N) is 1. The van der Waals surface area contributed by atoms with E-state index < -0.39 is 0 Å². The molecule has 0 spiro atoms. The summed E-state index contributed by atoms with van der Waals surface area (Å²) in [5, 5.41) is 1.56. The first-order valence-electron chi connectivity index (χ1n) is 5.82. The Labute approximate surface area is 116 Å². The molecule has 0 bridgehead atoms. The van der Waals surface area contributed by atoms with E-state index in [1.807, 2.05) is 7.05 Å². The van der Waals surface area contributed by atoms with Crippen molar-refractivity contribution in [3.63, 3.8) is 0 Å². The van der Waals surface area contributed by atoms with Crippen molar-refractivity contribution >= 4 is 27.5 Å². The molecule has 4 heteroatoms. The van der Waals surface area contributed by atoms with Gasteiger partial charge < -0.3 is 4.90 Å². The molecule has 0 N–H and O–H groups in total. The molecule has 0 aliphatic rings. The molecule has 0 radical (unpaired) electrons. The van der Waals surface area contributed by atoms with Crippen LogP contribution >= 0.6 is 27.5 Å². The van der Waals surface area contributed by atoms with Crippen LogP contribution in [0.4, 0.5) is 4.39 Å². The Balaban J connectivity index is 2.42. The van der Waals surface area contributed by atoms with Crippen molar-refractivity contribution in [2.24, 2.45) is 0 Å². The highest BCUT2D eigenvalue weighted by Crippen LogP contribution is 2.20. The van der Waals surface area contributed by atoms with Crippen molar-refractivity contribution in [1.29, 1.82) is 0 Å². The Kier molecular flexibility index (Phi) is 7.09. The van der Waals surface area contributed by atoms with Gasteiger partial charge in [0.05, 0.1) is 0 Å². The van der Waals surface area contributed by atoms with Crippen molar-refractivity contribution in [1.82, 2.24) is 4.90 Å². The fourth-order valence-corrected chi connectivity index (χ4v) is 2.30. The van der Waals surface area contributed by atoms with Crippen molar-refractivity contribution in [2.45, 2.75) is 25.8 Å². The molecule has 0 aliphatic heterocycles. The van der Waals surface area contributed by atoms with Crippen LogP contribution in [-0.2, 0) is 6.54 Å². The number of halogens is 3. The number of hydrogen-bond acceptors (Lipinski definition) is 1. The molecule has 0 amide bonds. The third-order valence-electron chi connectivity index (χ3n) is 2.66. The summed E-state index contributed by atoms with van der Waals surface area (Å²) in [6.07, 6.45) is 3.52. The Morgan fingerprint density at radius 2 is 2.06 bits per heavy atom. The van der Waals surface area contributed by atoms with Gasteiger partial charge in [0, 0.05) is 22.5 Å². The van der Waals surface area contributed by atoms with E-state index in [-0.39, 0.29) is 5.82 Å². The van der Waals surface area contributed by atoms with Crippen LogP contribution in [-0.4, -0.2) is 23.8 Å². The first-order valence-corrected chi connectivity index (χ1v) is 7.32. The SMILES string of the molecule is CN(CCCCCBr)Cc1c(F)cccc1Cl. The highest BCUT2D eigenvalue weighted by Gasteiger charge is 2.09. The molecule has 17 heavy (non-hydrogen) atoms. The summed E-state index contributed by atoms with van der Waals surface area (Å²) in [7, 11) is 2.00. The molecule has 0 atom stereocenters. The number of unbranched alkanes of at least 4 members (excludes halogenated alkanes) is 2. The van der Waals surface area contributed by atoms with E-state index in [0.29, 0.717) is 17.1 Å². The van der Waals surface area contributed by atoms with Crippen LogP contribution in [0.1, 0.15) is 24.8 Å². The topological polar surface area (TPSA) is 3.24 Å². The molecule has 1 aromatic rings. The minimum atomic E-state index is -0.218. The summed E-state index contributed by atoms with van der Waals surface area (Å²) in [5.74, 6) is -0.218. The predicted octanol–water partition coefficient (Wildman–Crippen LogP) is 4.48. The summed E-state index contributed by atoms with van der Waals surface area (Å²) < 4.78 is 13.5. The second-order valence-electron chi connectivity index (χ2n) is 4.19. The van der Waals surface area contributed by atoms with Crippen LogP contribution in [0.2, 0.25) is 5.02 Å². The van der Waals surface area contributed by atoms with Crippen LogP contribution < -0.4 is 0 Å². The molecule has 0 unspecified atom stereocenters. The zero-order valence-electron chi connectivity index (χ0n) is 10.1. The van der Waals surface area contributed by atoms with E-state index in [9.17, 15) is 4.39 Å². The first kappa shape index (κ1) is 14.9. The van der Waals surface area contributed by atoms with E-state index in [1.54, 1.807) is 12.1 Å². The Hall–Kier alpha value is -0.120. The Bertz CT molecular complexity index is 326. The van der Waals surface area contributed by atoms with Crippen LogP contribution in [0, 0.1) is 5.82 Å². The lowest BCUT2D eigenvalue weighted by atomic mass is 10.2. The van der Waals surface area contributed by atoms with Crippen molar-refractivity contribution < 1.29 is 4.39 Å². The van der Waals surface area contributed by atoms with Gasteiger partial charge in [0.2, 0.25) is 0 Å². The van der Waals surface area contributed by atoms with Crippen molar-refractivity contribution in [3.8, 4) is 0 Å². The molecule has 1 rings (SSSR count). The Morgan fingerprint density at radius 1 is 1.29 bits per heavy atom. The fourth-order valence-electron chi connectivity index (χ4n) is 1.69. The van der Waals surface area contributed by atoms with Crippen molar-refractivity contribution in [2.75, 3.05) is 18.9 Å². The molecule has 0 saturated carbocycles. The van der Waals surface area contributed by atoms with Gasteiger partial charge in [-0.2, -0.15) is 0 Å². The molecule has 0 saturated heterocycles. The number of alkyl halides is 1. The van der Waals surface area contributed by atoms with Gasteiger partial charge in [-0.25, -0.2) is 4.39 Å². The zero-order chi connectivity index (χ0) is 12.7.